The second-order valence-electron chi connectivity index (χ2n) is 11.5. The lowest BCUT2D eigenvalue weighted by molar-refractivity contribution is -0.00833. The number of ether oxygens (including phenoxy) is 2. The molecule has 0 radical (unpaired) electrons. The summed E-state index contributed by atoms with van der Waals surface area (Å²) in [6, 6.07) is 11.9. The molecule has 1 heterocycles. The molecule has 1 N–H and O–H groups in total. The van der Waals surface area contributed by atoms with Crippen molar-refractivity contribution in [1.29, 1.82) is 0 Å². The van der Waals surface area contributed by atoms with Gasteiger partial charge in [-0.05, 0) is 70.4 Å². The van der Waals surface area contributed by atoms with Gasteiger partial charge in [0.25, 0.3) is 5.91 Å². The molecule has 1 aliphatic heterocycles. The van der Waals surface area contributed by atoms with E-state index in [1.807, 2.05) is 58.0 Å². The maximum atomic E-state index is 14.1. The maximum Gasteiger partial charge on any atom is 0.258 e. The van der Waals surface area contributed by atoms with Crippen LogP contribution in [-0.2, 0) is 14.8 Å². The number of sulfonamides is 1. The molecule has 3 rings (SSSR count). The predicted octanol–water partition coefficient (Wildman–Crippen LogP) is 4.18. The van der Waals surface area contributed by atoms with E-state index in [1.165, 1.54) is 4.31 Å². The van der Waals surface area contributed by atoms with Crippen molar-refractivity contribution in [2.75, 3.05) is 52.3 Å². The van der Waals surface area contributed by atoms with E-state index in [4.69, 9.17) is 9.47 Å². The maximum absolute atomic E-state index is 14.1. The third-order valence-corrected chi connectivity index (χ3v) is 9.56. The Morgan fingerprint density at radius 3 is 2.39 bits per heavy atom. The average molecular weight is 590 g/mol. The Hall–Kier alpha value is -2.66. The lowest BCUT2D eigenvalue weighted by Gasteiger charge is -2.35. The number of benzene rings is 2. The number of likely N-dealkylation sites (N-methyl/N-ethyl adjacent to an activating group) is 1. The number of rotatable bonds is 7. The van der Waals surface area contributed by atoms with E-state index in [2.05, 4.69) is 0 Å². The molecule has 2 aromatic carbocycles. The van der Waals surface area contributed by atoms with Crippen LogP contribution in [0, 0.1) is 12.8 Å². The van der Waals surface area contributed by atoms with E-state index >= 15 is 0 Å². The molecule has 9 nitrogen and oxygen atoms in total. The van der Waals surface area contributed by atoms with Crippen LogP contribution in [0.4, 0.5) is 5.69 Å². The zero-order valence-electron chi connectivity index (χ0n) is 25.5. The van der Waals surface area contributed by atoms with Crippen molar-refractivity contribution in [3.8, 4) is 5.75 Å². The normalized spacial score (nSPS) is 22.0. The van der Waals surface area contributed by atoms with Crippen molar-refractivity contribution in [3.63, 3.8) is 0 Å². The number of nitrogens with zero attached hydrogens (tertiary/aromatic N) is 3. The zero-order valence-corrected chi connectivity index (χ0v) is 26.4. The van der Waals surface area contributed by atoms with Crippen molar-refractivity contribution in [1.82, 2.24) is 9.21 Å². The molecule has 10 heteroatoms. The summed E-state index contributed by atoms with van der Waals surface area (Å²) in [7, 11) is 1.66. The number of fused-ring (bicyclic) bond motifs is 1. The van der Waals surface area contributed by atoms with E-state index in [1.54, 1.807) is 43.1 Å². The average Bonchev–Trinajstić information content (AvgIpc) is 2.93. The summed E-state index contributed by atoms with van der Waals surface area (Å²) in [5.74, 6) is 0.0392. The molecule has 0 saturated heterocycles. The first-order valence-corrected chi connectivity index (χ1v) is 15.8. The summed E-state index contributed by atoms with van der Waals surface area (Å²) < 4.78 is 40.6. The highest BCUT2D eigenvalue weighted by Crippen LogP contribution is 2.29. The number of carbonyl (C=O) groups is 1. The molecule has 228 valence electrons. The van der Waals surface area contributed by atoms with Gasteiger partial charge in [0.1, 0.15) is 5.75 Å². The Labute approximate surface area is 246 Å². The highest BCUT2D eigenvalue weighted by molar-refractivity contribution is 7.89. The second kappa shape index (κ2) is 14.5. The van der Waals surface area contributed by atoms with Gasteiger partial charge in [-0.15, -0.1) is 0 Å². The van der Waals surface area contributed by atoms with Gasteiger partial charge in [0.2, 0.25) is 10.0 Å². The smallest absolute Gasteiger partial charge is 0.258 e. The molecule has 0 aromatic heterocycles. The summed E-state index contributed by atoms with van der Waals surface area (Å²) in [6.45, 7) is 8.32. The van der Waals surface area contributed by atoms with E-state index in [0.717, 1.165) is 30.5 Å². The quantitative estimate of drug-likeness (QED) is 0.517. The molecule has 4 atom stereocenters. The molecule has 0 aliphatic carbocycles. The summed E-state index contributed by atoms with van der Waals surface area (Å²) in [4.78, 5) is 17.9. The Balaban J connectivity index is 1.96. The molecule has 0 saturated carbocycles. The molecule has 41 heavy (non-hydrogen) atoms. The van der Waals surface area contributed by atoms with Gasteiger partial charge >= 0.3 is 0 Å². The van der Waals surface area contributed by atoms with E-state index in [0.29, 0.717) is 17.9 Å². The van der Waals surface area contributed by atoms with Gasteiger partial charge in [-0.2, -0.15) is 4.31 Å². The van der Waals surface area contributed by atoms with Gasteiger partial charge < -0.3 is 24.4 Å². The standard InChI is InChI=1S/C31H47N3O6S/c1-22-11-14-27(15-12-22)41(37,38)33(7)20-30-23(2)19-34(24(3)21-35)31(36)28-18-26(32(5)6)13-16-29(28)40-25(4)10-8-9-17-39-30/h11-16,18,23-25,30,35H,8-10,17,19-21H2,1-7H3/t23-,24+,25-,30+/m0/s1. The fourth-order valence-corrected chi connectivity index (χ4v) is 6.08. The van der Waals surface area contributed by atoms with Gasteiger partial charge in [-0.25, -0.2) is 8.42 Å². The lowest BCUT2D eigenvalue weighted by Crippen LogP contribution is -2.48. The van der Waals surface area contributed by atoms with Gasteiger partial charge in [0, 0.05) is 52.4 Å². The Bertz CT molecular complexity index is 1250. The molecule has 0 unspecified atom stereocenters. The number of aliphatic hydroxyl groups excluding tert-OH is 1. The SMILES string of the molecule is Cc1ccc(S(=O)(=O)N(C)C[C@H]2OCCCC[C@H](C)Oc3ccc(N(C)C)cc3C(=O)N([C@H](C)CO)C[C@@H]2C)cc1. The number of carbonyl (C=O) groups excluding carboxylic acids is 1. The minimum Gasteiger partial charge on any atom is -0.490 e. The van der Waals surface area contributed by atoms with Crippen LogP contribution in [0.5, 0.6) is 5.75 Å². The number of anilines is 1. The fraction of sp³-hybridized carbons (Fsp3) is 0.581. The van der Waals surface area contributed by atoms with Crippen LogP contribution in [-0.4, -0.2) is 94.3 Å². The first-order chi connectivity index (χ1) is 19.3. The number of aliphatic hydroxyl groups is 1. The minimum atomic E-state index is -3.73. The van der Waals surface area contributed by atoms with Crippen molar-refractivity contribution >= 4 is 21.6 Å². The zero-order chi connectivity index (χ0) is 30.3. The largest absolute Gasteiger partial charge is 0.490 e. The highest BCUT2D eigenvalue weighted by atomic mass is 32.2. The summed E-state index contributed by atoms with van der Waals surface area (Å²) in [5, 5.41) is 10.1. The van der Waals surface area contributed by atoms with Gasteiger partial charge in [-0.1, -0.05) is 24.6 Å². The third-order valence-electron chi connectivity index (χ3n) is 7.72. The van der Waals surface area contributed by atoms with E-state index in [-0.39, 0.29) is 42.5 Å². The van der Waals surface area contributed by atoms with Crippen molar-refractivity contribution in [2.24, 2.45) is 5.92 Å². The van der Waals surface area contributed by atoms with Crippen molar-refractivity contribution < 1.29 is 27.8 Å². The first kappa shape index (κ1) is 32.8. The highest BCUT2D eigenvalue weighted by Gasteiger charge is 2.32. The van der Waals surface area contributed by atoms with E-state index < -0.39 is 22.2 Å². The number of hydrogen-bond acceptors (Lipinski definition) is 7. The molecule has 2 aromatic rings. The van der Waals surface area contributed by atoms with Crippen LogP contribution in [0.1, 0.15) is 56.0 Å². The van der Waals surface area contributed by atoms with Gasteiger partial charge in [0.05, 0.1) is 35.3 Å². The fourth-order valence-electron chi connectivity index (χ4n) is 4.89. The molecular formula is C31H47N3O6S. The molecule has 0 spiro atoms. The summed E-state index contributed by atoms with van der Waals surface area (Å²) in [6.07, 6.45) is 1.87. The predicted molar refractivity (Wildman–Crippen MR) is 162 cm³/mol. The van der Waals surface area contributed by atoms with Crippen LogP contribution >= 0.6 is 0 Å². The summed E-state index contributed by atoms with van der Waals surface area (Å²) in [5.41, 5.74) is 2.28. The Morgan fingerprint density at radius 1 is 1.07 bits per heavy atom. The first-order valence-electron chi connectivity index (χ1n) is 14.4. The van der Waals surface area contributed by atoms with Crippen LogP contribution in [0.15, 0.2) is 47.4 Å². The molecule has 1 amide bonds. The van der Waals surface area contributed by atoms with Crippen molar-refractivity contribution in [2.45, 2.75) is 70.1 Å². The molecule has 0 fully saturated rings. The lowest BCUT2D eigenvalue weighted by atomic mass is 10.0. The van der Waals surface area contributed by atoms with Crippen LogP contribution in [0.3, 0.4) is 0 Å². The number of hydrogen-bond donors (Lipinski definition) is 1. The number of aryl methyl sites for hydroxylation is 1. The summed E-state index contributed by atoms with van der Waals surface area (Å²) >= 11 is 0. The minimum absolute atomic E-state index is 0.112. The second-order valence-corrected chi connectivity index (χ2v) is 13.5. The molecule has 0 bridgehead atoms. The Kier molecular flexibility index (Phi) is 11.6. The van der Waals surface area contributed by atoms with Gasteiger partial charge in [-0.3, -0.25) is 4.79 Å². The van der Waals surface area contributed by atoms with Crippen LogP contribution < -0.4 is 9.64 Å². The van der Waals surface area contributed by atoms with Crippen LogP contribution in [0.25, 0.3) is 0 Å². The third kappa shape index (κ3) is 8.44. The topological polar surface area (TPSA) is 99.6 Å². The monoisotopic (exact) mass is 589 g/mol. The van der Waals surface area contributed by atoms with Crippen LogP contribution in [0.2, 0.25) is 0 Å². The molecule has 1 aliphatic rings. The number of amides is 1. The Morgan fingerprint density at radius 2 is 1.76 bits per heavy atom. The van der Waals surface area contributed by atoms with E-state index in [9.17, 15) is 18.3 Å². The van der Waals surface area contributed by atoms with Crippen molar-refractivity contribution in [3.05, 3.63) is 53.6 Å². The molecular weight excluding hydrogens is 542 g/mol. The van der Waals surface area contributed by atoms with Gasteiger partial charge in [0.15, 0.2) is 0 Å².